The number of hydrogen-bond acceptors (Lipinski definition) is 5. The van der Waals surface area contributed by atoms with Crippen molar-refractivity contribution in [2.45, 2.75) is 38.3 Å². The molecule has 174 valence electrons. The Morgan fingerprint density at radius 2 is 1.82 bits per heavy atom. The fourth-order valence-corrected chi connectivity index (χ4v) is 4.40. The van der Waals surface area contributed by atoms with Crippen LogP contribution in [-0.2, 0) is 29.0 Å². The number of methoxy groups -OCH3 is 2. The average molecular weight is 452 g/mol. The van der Waals surface area contributed by atoms with E-state index in [1.54, 1.807) is 20.3 Å². The van der Waals surface area contributed by atoms with Crippen molar-refractivity contribution in [3.8, 4) is 11.5 Å². The minimum Gasteiger partial charge on any atom is -0.493 e. The number of fused-ring (bicyclic) bond motifs is 1. The summed E-state index contributed by atoms with van der Waals surface area (Å²) in [5.41, 5.74) is 3.38. The Hall–Kier alpha value is -3.55. The maximum Gasteiger partial charge on any atom is 0.324 e. The van der Waals surface area contributed by atoms with E-state index < -0.39 is 12.1 Å². The lowest BCUT2D eigenvalue weighted by atomic mass is 9.99. The van der Waals surface area contributed by atoms with Crippen molar-refractivity contribution in [2.24, 2.45) is 0 Å². The van der Waals surface area contributed by atoms with Crippen LogP contribution >= 0.6 is 0 Å². The highest BCUT2D eigenvalue weighted by atomic mass is 16.5. The van der Waals surface area contributed by atoms with E-state index in [-0.39, 0.29) is 24.8 Å². The molecule has 2 aliphatic rings. The lowest BCUT2D eigenvalue weighted by molar-refractivity contribution is -0.132. The minimum atomic E-state index is -0.663. The monoisotopic (exact) mass is 451 g/mol. The lowest BCUT2D eigenvalue weighted by Crippen LogP contribution is -2.37. The number of urea groups is 1. The summed E-state index contributed by atoms with van der Waals surface area (Å²) in [4.78, 5) is 40.9. The first kappa shape index (κ1) is 22.6. The number of amides is 4. The van der Waals surface area contributed by atoms with Gasteiger partial charge in [-0.2, -0.15) is 0 Å². The molecule has 33 heavy (non-hydrogen) atoms. The first-order valence-corrected chi connectivity index (χ1v) is 11.2. The first-order chi connectivity index (χ1) is 16.0. The molecule has 0 saturated carbocycles. The zero-order valence-corrected chi connectivity index (χ0v) is 19.0. The molecule has 0 aliphatic carbocycles. The Kier molecular flexibility index (Phi) is 6.82. The normalized spacial score (nSPS) is 17.6. The van der Waals surface area contributed by atoms with Crippen LogP contribution in [0.5, 0.6) is 11.5 Å². The first-order valence-electron chi connectivity index (χ1n) is 11.2. The molecule has 8 nitrogen and oxygen atoms in total. The molecule has 0 aromatic heterocycles. The maximum absolute atomic E-state index is 12.8. The molecule has 0 radical (unpaired) electrons. The Morgan fingerprint density at radius 1 is 1.06 bits per heavy atom. The summed E-state index contributed by atoms with van der Waals surface area (Å²) in [6, 6.07) is 12.6. The van der Waals surface area contributed by atoms with Crippen LogP contribution in [0.2, 0.25) is 0 Å². The van der Waals surface area contributed by atoms with Crippen LogP contribution in [0.25, 0.3) is 0 Å². The van der Waals surface area contributed by atoms with Gasteiger partial charge in [-0.25, -0.2) is 4.79 Å². The highest BCUT2D eigenvalue weighted by Gasteiger charge is 2.37. The molecule has 1 N–H and O–H groups in total. The second kappa shape index (κ2) is 9.94. The number of benzene rings is 2. The number of imide groups is 1. The van der Waals surface area contributed by atoms with Crippen LogP contribution in [0.1, 0.15) is 29.5 Å². The molecule has 1 unspecified atom stereocenters. The van der Waals surface area contributed by atoms with Gasteiger partial charge in [-0.05, 0) is 48.1 Å². The Balaban J connectivity index is 1.29. The van der Waals surface area contributed by atoms with E-state index in [1.165, 1.54) is 16.0 Å². The van der Waals surface area contributed by atoms with Crippen molar-refractivity contribution < 1.29 is 23.9 Å². The van der Waals surface area contributed by atoms with Crippen LogP contribution in [0.4, 0.5) is 4.79 Å². The topological polar surface area (TPSA) is 88.2 Å². The van der Waals surface area contributed by atoms with Gasteiger partial charge in [0.1, 0.15) is 6.04 Å². The van der Waals surface area contributed by atoms with Gasteiger partial charge in [-0.1, -0.05) is 30.3 Å². The summed E-state index contributed by atoms with van der Waals surface area (Å²) in [6.07, 6.45) is 1.86. The van der Waals surface area contributed by atoms with E-state index in [0.717, 1.165) is 12.0 Å². The molecule has 2 aliphatic heterocycles. The number of carbonyl (C=O) groups is 3. The van der Waals surface area contributed by atoms with Crippen LogP contribution in [0.3, 0.4) is 0 Å². The number of nitrogens with zero attached hydrogens (tertiary/aromatic N) is 2. The van der Waals surface area contributed by atoms with E-state index >= 15 is 0 Å². The molecule has 4 amide bonds. The van der Waals surface area contributed by atoms with Crippen molar-refractivity contribution in [3.63, 3.8) is 0 Å². The van der Waals surface area contributed by atoms with Crippen molar-refractivity contribution in [2.75, 3.05) is 27.3 Å². The van der Waals surface area contributed by atoms with Gasteiger partial charge in [0, 0.05) is 26.1 Å². The third kappa shape index (κ3) is 4.94. The largest absolute Gasteiger partial charge is 0.493 e. The predicted molar refractivity (Wildman–Crippen MR) is 122 cm³/mol. The fraction of sp³-hybridized carbons (Fsp3) is 0.400. The van der Waals surface area contributed by atoms with Gasteiger partial charge in [0.05, 0.1) is 14.2 Å². The third-order valence-electron chi connectivity index (χ3n) is 6.31. The highest BCUT2D eigenvalue weighted by molar-refractivity contribution is 6.04. The lowest BCUT2D eigenvalue weighted by Gasteiger charge is -2.29. The van der Waals surface area contributed by atoms with E-state index in [2.05, 4.69) is 11.4 Å². The van der Waals surface area contributed by atoms with Gasteiger partial charge < -0.3 is 19.7 Å². The molecule has 4 rings (SSSR count). The molecule has 8 heteroatoms. The van der Waals surface area contributed by atoms with Crippen LogP contribution in [0.15, 0.2) is 42.5 Å². The van der Waals surface area contributed by atoms with Crippen molar-refractivity contribution >= 4 is 17.8 Å². The van der Waals surface area contributed by atoms with Gasteiger partial charge in [0.15, 0.2) is 11.5 Å². The summed E-state index contributed by atoms with van der Waals surface area (Å²) in [5.74, 6) is 0.953. The average Bonchev–Trinajstić information content (AvgIpc) is 3.12. The number of rotatable bonds is 8. The van der Waals surface area contributed by atoms with Crippen molar-refractivity contribution in [1.29, 1.82) is 0 Å². The smallest absolute Gasteiger partial charge is 0.324 e. The number of ether oxygens (including phenoxy) is 2. The van der Waals surface area contributed by atoms with E-state index in [1.807, 2.05) is 35.2 Å². The number of hydrogen-bond donors (Lipinski definition) is 1. The molecule has 2 aromatic rings. The Bertz CT molecular complexity index is 1050. The second-order valence-electron chi connectivity index (χ2n) is 8.30. The molecule has 0 spiro atoms. The molecule has 1 fully saturated rings. The standard InChI is InChI=1S/C25H29N3O5/c1-32-21-9-7-17(15-22(21)33-2)11-14-28-24(30)20(26-25(28)31)8-10-23(29)27-13-12-18-5-3-4-6-19(18)16-27/h3-7,9,15,20H,8,10-14,16H2,1-2H3,(H,26,31). The van der Waals surface area contributed by atoms with E-state index in [9.17, 15) is 14.4 Å². The molecule has 2 heterocycles. The fourth-order valence-electron chi connectivity index (χ4n) is 4.40. The van der Waals surface area contributed by atoms with Gasteiger partial charge >= 0.3 is 6.03 Å². The Morgan fingerprint density at radius 3 is 2.58 bits per heavy atom. The minimum absolute atomic E-state index is 0.00956. The van der Waals surface area contributed by atoms with Crippen molar-refractivity contribution in [3.05, 3.63) is 59.2 Å². The van der Waals surface area contributed by atoms with E-state index in [0.29, 0.717) is 37.4 Å². The molecule has 1 saturated heterocycles. The van der Waals surface area contributed by atoms with Gasteiger partial charge in [0.2, 0.25) is 5.91 Å². The molecule has 2 aromatic carbocycles. The molecular weight excluding hydrogens is 422 g/mol. The zero-order chi connectivity index (χ0) is 23.4. The second-order valence-corrected chi connectivity index (χ2v) is 8.30. The number of nitrogens with one attached hydrogen (secondary N) is 1. The molecule has 0 bridgehead atoms. The van der Waals surface area contributed by atoms with Crippen molar-refractivity contribution in [1.82, 2.24) is 15.1 Å². The predicted octanol–water partition coefficient (Wildman–Crippen LogP) is 2.53. The summed E-state index contributed by atoms with van der Waals surface area (Å²) >= 11 is 0. The summed E-state index contributed by atoms with van der Waals surface area (Å²) in [6.45, 7) is 1.53. The quantitative estimate of drug-likeness (QED) is 0.623. The maximum atomic E-state index is 12.8. The third-order valence-corrected chi connectivity index (χ3v) is 6.31. The molecular formula is C25H29N3O5. The highest BCUT2D eigenvalue weighted by Crippen LogP contribution is 2.28. The number of carbonyl (C=O) groups excluding carboxylic acids is 3. The summed E-state index contributed by atoms with van der Waals surface area (Å²) in [7, 11) is 3.13. The van der Waals surface area contributed by atoms with Gasteiger partial charge in [0.25, 0.3) is 5.91 Å². The Labute approximate surface area is 193 Å². The molecule has 1 atom stereocenters. The summed E-state index contributed by atoms with van der Waals surface area (Å²) in [5, 5.41) is 2.73. The van der Waals surface area contributed by atoms with Crippen LogP contribution < -0.4 is 14.8 Å². The van der Waals surface area contributed by atoms with Crippen LogP contribution in [0, 0.1) is 0 Å². The van der Waals surface area contributed by atoms with Crippen LogP contribution in [-0.4, -0.2) is 61.0 Å². The van der Waals surface area contributed by atoms with E-state index in [4.69, 9.17) is 9.47 Å². The van der Waals surface area contributed by atoms with Gasteiger partial charge in [-0.15, -0.1) is 0 Å². The zero-order valence-electron chi connectivity index (χ0n) is 19.0. The SMILES string of the molecule is COc1ccc(CCN2C(=O)NC(CCC(=O)N3CCc4ccccc4C3)C2=O)cc1OC. The van der Waals surface area contributed by atoms with Gasteiger partial charge in [-0.3, -0.25) is 14.5 Å². The summed E-state index contributed by atoms with van der Waals surface area (Å²) < 4.78 is 10.6.